The molecule has 0 aromatic heterocycles. The molecule has 0 spiro atoms. The topological polar surface area (TPSA) is 70.7 Å². The number of methoxy groups -OCH3 is 1. The molecule has 0 heterocycles. The third-order valence-electron chi connectivity index (χ3n) is 4.70. The van der Waals surface area contributed by atoms with E-state index in [0.29, 0.717) is 16.8 Å². The van der Waals surface area contributed by atoms with Crippen LogP contribution in [0.15, 0.2) is 66.7 Å². The second-order valence-corrected chi connectivity index (χ2v) is 7.16. The third kappa shape index (κ3) is 6.04. The van der Waals surface area contributed by atoms with Gasteiger partial charge in [0.2, 0.25) is 5.91 Å². The number of rotatable bonds is 7. The molecule has 3 aromatic rings. The highest BCUT2D eigenvalue weighted by atomic mass is 19.1. The van der Waals surface area contributed by atoms with Crippen molar-refractivity contribution in [2.75, 3.05) is 24.8 Å². The lowest BCUT2D eigenvalue weighted by Gasteiger charge is -2.18. The molecule has 166 valence electrons. The molecule has 0 unspecified atom stereocenters. The number of amides is 3. The van der Waals surface area contributed by atoms with Crippen molar-refractivity contribution in [3.63, 3.8) is 0 Å². The molecular formula is C24H23F2N3O3. The van der Waals surface area contributed by atoms with Crippen LogP contribution in [0.1, 0.15) is 11.1 Å². The van der Waals surface area contributed by atoms with Crippen LogP contribution in [0.4, 0.5) is 25.0 Å². The van der Waals surface area contributed by atoms with Gasteiger partial charge in [-0.05, 0) is 47.5 Å². The average Bonchev–Trinajstić information content (AvgIpc) is 2.77. The first kappa shape index (κ1) is 22.7. The summed E-state index contributed by atoms with van der Waals surface area (Å²) in [5.41, 5.74) is 2.00. The van der Waals surface area contributed by atoms with Gasteiger partial charge in [-0.15, -0.1) is 0 Å². The molecule has 2 N–H and O–H groups in total. The van der Waals surface area contributed by atoms with Crippen molar-refractivity contribution in [1.82, 2.24) is 4.90 Å². The van der Waals surface area contributed by atoms with Crippen LogP contribution in [-0.4, -0.2) is 31.0 Å². The van der Waals surface area contributed by atoms with Gasteiger partial charge in [0.15, 0.2) is 11.6 Å². The van der Waals surface area contributed by atoms with E-state index in [4.69, 9.17) is 4.74 Å². The van der Waals surface area contributed by atoms with E-state index in [-0.39, 0.29) is 36.3 Å². The highest BCUT2D eigenvalue weighted by Crippen LogP contribution is 2.19. The van der Waals surface area contributed by atoms with Crippen molar-refractivity contribution in [2.24, 2.45) is 0 Å². The lowest BCUT2D eigenvalue weighted by Crippen LogP contribution is -2.30. The standard InChI is InChI=1S/C24H23F2N3O3/c1-29(15-17-9-12-22(32-2)20(26)13-17)24(31)27-18-10-7-16(8-11-18)14-23(30)28-21-6-4-3-5-19(21)25/h3-13H,14-15H2,1-2H3,(H,27,31)(H,28,30). The fourth-order valence-electron chi connectivity index (χ4n) is 3.02. The van der Waals surface area contributed by atoms with Gasteiger partial charge in [0.25, 0.3) is 0 Å². The van der Waals surface area contributed by atoms with Gasteiger partial charge in [0.1, 0.15) is 5.82 Å². The molecule has 3 amide bonds. The highest BCUT2D eigenvalue weighted by molar-refractivity contribution is 5.92. The van der Waals surface area contributed by atoms with E-state index in [0.717, 1.165) is 0 Å². The van der Waals surface area contributed by atoms with Crippen LogP contribution in [0.25, 0.3) is 0 Å². The summed E-state index contributed by atoms with van der Waals surface area (Å²) in [6.07, 6.45) is 0.0610. The SMILES string of the molecule is COc1ccc(CN(C)C(=O)Nc2ccc(CC(=O)Nc3ccccc3F)cc2)cc1F. The first-order valence-corrected chi connectivity index (χ1v) is 9.83. The maximum absolute atomic E-state index is 13.8. The van der Waals surface area contributed by atoms with Crippen LogP contribution >= 0.6 is 0 Å². The smallest absolute Gasteiger partial charge is 0.321 e. The minimum atomic E-state index is -0.500. The van der Waals surface area contributed by atoms with Crippen LogP contribution in [-0.2, 0) is 17.8 Å². The fraction of sp³-hybridized carbons (Fsp3) is 0.167. The van der Waals surface area contributed by atoms with Crippen LogP contribution in [0.3, 0.4) is 0 Å². The van der Waals surface area contributed by atoms with E-state index < -0.39 is 11.6 Å². The Morgan fingerprint density at radius 1 is 0.906 bits per heavy atom. The zero-order valence-electron chi connectivity index (χ0n) is 17.7. The Bertz CT molecular complexity index is 1100. The Labute approximate surface area is 184 Å². The molecule has 0 bridgehead atoms. The van der Waals surface area contributed by atoms with Crippen molar-refractivity contribution < 1.29 is 23.1 Å². The molecule has 0 saturated carbocycles. The predicted molar refractivity (Wildman–Crippen MR) is 119 cm³/mol. The summed E-state index contributed by atoms with van der Waals surface area (Å²) in [6, 6.07) is 16.8. The second kappa shape index (κ2) is 10.4. The van der Waals surface area contributed by atoms with E-state index in [1.54, 1.807) is 49.5 Å². The van der Waals surface area contributed by atoms with Gasteiger partial charge >= 0.3 is 6.03 Å². The van der Waals surface area contributed by atoms with Gasteiger partial charge in [0.05, 0.1) is 19.2 Å². The molecular weight excluding hydrogens is 416 g/mol. The van der Waals surface area contributed by atoms with Crippen molar-refractivity contribution in [2.45, 2.75) is 13.0 Å². The number of nitrogens with one attached hydrogen (secondary N) is 2. The Balaban J connectivity index is 1.53. The number of carbonyl (C=O) groups is 2. The molecule has 32 heavy (non-hydrogen) atoms. The van der Waals surface area contributed by atoms with Crippen molar-refractivity contribution in [3.05, 3.63) is 89.5 Å². The minimum Gasteiger partial charge on any atom is -0.494 e. The summed E-state index contributed by atoms with van der Waals surface area (Å²) < 4.78 is 32.4. The number of ether oxygens (including phenoxy) is 1. The number of halogens is 2. The normalized spacial score (nSPS) is 10.4. The van der Waals surface area contributed by atoms with Crippen molar-refractivity contribution in [1.29, 1.82) is 0 Å². The largest absolute Gasteiger partial charge is 0.494 e. The minimum absolute atomic E-state index is 0.0610. The molecule has 3 rings (SSSR count). The Kier molecular flexibility index (Phi) is 7.38. The van der Waals surface area contributed by atoms with Gasteiger partial charge in [-0.3, -0.25) is 4.79 Å². The number of nitrogens with zero attached hydrogens (tertiary/aromatic N) is 1. The fourth-order valence-corrected chi connectivity index (χ4v) is 3.02. The average molecular weight is 439 g/mol. The Morgan fingerprint density at radius 2 is 1.59 bits per heavy atom. The molecule has 0 saturated heterocycles. The summed E-state index contributed by atoms with van der Waals surface area (Å²) in [4.78, 5) is 26.0. The van der Waals surface area contributed by atoms with E-state index in [9.17, 15) is 18.4 Å². The number of benzene rings is 3. The van der Waals surface area contributed by atoms with E-state index in [1.807, 2.05) is 0 Å². The van der Waals surface area contributed by atoms with Crippen molar-refractivity contribution >= 4 is 23.3 Å². The van der Waals surface area contributed by atoms with E-state index in [2.05, 4.69) is 10.6 Å². The summed E-state index contributed by atoms with van der Waals surface area (Å²) in [7, 11) is 2.98. The lowest BCUT2D eigenvalue weighted by molar-refractivity contribution is -0.115. The number of hydrogen-bond acceptors (Lipinski definition) is 3. The molecule has 0 fully saturated rings. The van der Waals surface area contributed by atoms with Crippen molar-refractivity contribution in [3.8, 4) is 5.75 Å². The summed E-state index contributed by atoms with van der Waals surface area (Å²) >= 11 is 0. The first-order chi connectivity index (χ1) is 15.4. The molecule has 0 aliphatic carbocycles. The van der Waals surface area contributed by atoms with E-state index >= 15 is 0 Å². The number of hydrogen-bond donors (Lipinski definition) is 2. The molecule has 0 radical (unpaired) electrons. The molecule has 3 aromatic carbocycles. The number of urea groups is 1. The molecule has 6 nitrogen and oxygen atoms in total. The van der Waals surface area contributed by atoms with Crippen LogP contribution < -0.4 is 15.4 Å². The van der Waals surface area contributed by atoms with Gasteiger partial charge < -0.3 is 20.3 Å². The Morgan fingerprint density at radius 3 is 2.25 bits per heavy atom. The first-order valence-electron chi connectivity index (χ1n) is 9.83. The Hall–Kier alpha value is -3.94. The zero-order chi connectivity index (χ0) is 23.1. The highest BCUT2D eigenvalue weighted by Gasteiger charge is 2.12. The molecule has 0 aliphatic rings. The summed E-state index contributed by atoms with van der Waals surface area (Å²) in [5.74, 6) is -1.20. The lowest BCUT2D eigenvalue weighted by atomic mass is 10.1. The van der Waals surface area contributed by atoms with Crippen LogP contribution in [0.5, 0.6) is 5.75 Å². The monoisotopic (exact) mass is 439 g/mol. The van der Waals surface area contributed by atoms with E-state index in [1.165, 1.54) is 36.3 Å². The molecule has 0 atom stereocenters. The summed E-state index contributed by atoms with van der Waals surface area (Å²) in [5, 5.41) is 5.28. The van der Waals surface area contributed by atoms with Gasteiger partial charge in [0, 0.05) is 19.3 Å². The van der Waals surface area contributed by atoms with Crippen LogP contribution in [0, 0.1) is 11.6 Å². The number of anilines is 2. The third-order valence-corrected chi connectivity index (χ3v) is 4.70. The van der Waals surface area contributed by atoms with Crippen LogP contribution in [0.2, 0.25) is 0 Å². The zero-order valence-corrected chi connectivity index (χ0v) is 17.7. The maximum Gasteiger partial charge on any atom is 0.321 e. The second-order valence-electron chi connectivity index (χ2n) is 7.16. The quantitative estimate of drug-likeness (QED) is 0.555. The summed E-state index contributed by atoms with van der Waals surface area (Å²) in [6.45, 7) is 0.209. The maximum atomic E-state index is 13.8. The number of carbonyl (C=O) groups excluding carboxylic acids is 2. The number of para-hydroxylation sites is 1. The van der Waals surface area contributed by atoms with Gasteiger partial charge in [-0.25, -0.2) is 13.6 Å². The molecule has 0 aliphatic heterocycles. The molecule has 8 heteroatoms. The van der Waals surface area contributed by atoms with Gasteiger partial charge in [-0.2, -0.15) is 0 Å². The van der Waals surface area contributed by atoms with Gasteiger partial charge in [-0.1, -0.05) is 30.3 Å². The predicted octanol–water partition coefficient (Wildman–Crippen LogP) is 4.82.